The van der Waals surface area contributed by atoms with E-state index in [4.69, 9.17) is 10.5 Å². The molecule has 1 heterocycles. The first kappa shape index (κ1) is 15.1. The smallest absolute Gasteiger partial charge is 0.175 e. The van der Waals surface area contributed by atoms with Gasteiger partial charge in [-0.1, -0.05) is 0 Å². The highest BCUT2D eigenvalue weighted by atomic mass is 32.2. The van der Waals surface area contributed by atoms with E-state index in [0.717, 1.165) is 38.3 Å². The Morgan fingerprint density at radius 3 is 2.75 bits per heavy atom. The Labute approximate surface area is 120 Å². The molecule has 0 saturated carbocycles. The van der Waals surface area contributed by atoms with E-state index in [2.05, 4.69) is 4.90 Å². The lowest BCUT2D eigenvalue weighted by atomic mass is 10.0. The van der Waals surface area contributed by atoms with Crippen molar-refractivity contribution < 1.29 is 13.2 Å². The minimum absolute atomic E-state index is 0.258. The van der Waals surface area contributed by atoms with Gasteiger partial charge in [-0.2, -0.15) is 0 Å². The molecule has 1 aromatic rings. The van der Waals surface area contributed by atoms with E-state index in [9.17, 15) is 8.42 Å². The van der Waals surface area contributed by atoms with Crippen LogP contribution < -0.4 is 10.6 Å². The van der Waals surface area contributed by atoms with Crippen molar-refractivity contribution in [1.82, 2.24) is 0 Å². The van der Waals surface area contributed by atoms with Gasteiger partial charge in [-0.25, -0.2) is 8.42 Å². The summed E-state index contributed by atoms with van der Waals surface area (Å²) in [6.07, 6.45) is 3.44. The van der Waals surface area contributed by atoms with Crippen LogP contribution in [-0.4, -0.2) is 41.5 Å². The SMILES string of the molecule is CN(CC1CCCOC1)c1ccc(S(C)(=O)=O)cc1N. The number of anilines is 2. The molecule has 20 heavy (non-hydrogen) atoms. The molecule has 1 unspecified atom stereocenters. The maximum Gasteiger partial charge on any atom is 0.175 e. The Balaban J connectivity index is 2.11. The number of rotatable bonds is 4. The van der Waals surface area contributed by atoms with Crippen LogP contribution in [0, 0.1) is 5.92 Å². The molecule has 0 aromatic heterocycles. The summed E-state index contributed by atoms with van der Waals surface area (Å²) in [6.45, 7) is 2.50. The fraction of sp³-hybridized carbons (Fsp3) is 0.571. The number of ether oxygens (including phenoxy) is 1. The third-order valence-corrected chi connectivity index (χ3v) is 4.74. The van der Waals surface area contributed by atoms with Crippen molar-refractivity contribution in [3.63, 3.8) is 0 Å². The zero-order valence-corrected chi connectivity index (χ0v) is 12.8. The zero-order chi connectivity index (χ0) is 14.8. The maximum absolute atomic E-state index is 11.5. The molecule has 5 nitrogen and oxygen atoms in total. The highest BCUT2D eigenvalue weighted by molar-refractivity contribution is 7.90. The molecule has 1 aliphatic rings. The van der Waals surface area contributed by atoms with Gasteiger partial charge in [0.15, 0.2) is 9.84 Å². The molecule has 112 valence electrons. The maximum atomic E-state index is 11.5. The molecule has 1 aromatic carbocycles. The van der Waals surface area contributed by atoms with Crippen LogP contribution >= 0.6 is 0 Å². The van der Waals surface area contributed by atoms with Gasteiger partial charge in [0.25, 0.3) is 0 Å². The van der Waals surface area contributed by atoms with Crippen LogP contribution in [0.2, 0.25) is 0 Å². The third-order valence-electron chi connectivity index (χ3n) is 3.63. The first-order valence-electron chi connectivity index (χ1n) is 6.76. The molecule has 6 heteroatoms. The van der Waals surface area contributed by atoms with E-state index < -0.39 is 9.84 Å². The quantitative estimate of drug-likeness (QED) is 0.854. The molecular formula is C14H22N2O3S. The number of benzene rings is 1. The second kappa shape index (κ2) is 6.01. The van der Waals surface area contributed by atoms with Crippen molar-refractivity contribution in [3.8, 4) is 0 Å². The highest BCUT2D eigenvalue weighted by Gasteiger charge is 2.18. The molecule has 0 spiro atoms. The molecular weight excluding hydrogens is 276 g/mol. The summed E-state index contributed by atoms with van der Waals surface area (Å²) in [6, 6.07) is 4.91. The van der Waals surface area contributed by atoms with Gasteiger partial charge in [0.1, 0.15) is 0 Å². The first-order chi connectivity index (χ1) is 9.38. The van der Waals surface area contributed by atoms with Crippen molar-refractivity contribution >= 4 is 21.2 Å². The predicted octanol–water partition coefficient (Wildman–Crippen LogP) is 1.54. The van der Waals surface area contributed by atoms with Crippen LogP contribution in [0.4, 0.5) is 11.4 Å². The summed E-state index contributed by atoms with van der Waals surface area (Å²) >= 11 is 0. The molecule has 0 amide bonds. The standard InChI is InChI=1S/C14H22N2O3S/c1-16(9-11-4-3-7-19-10-11)14-6-5-12(8-13(14)15)20(2,17)18/h5-6,8,11H,3-4,7,9-10,15H2,1-2H3. The van der Waals surface area contributed by atoms with Gasteiger partial charge in [0, 0.05) is 26.5 Å². The van der Waals surface area contributed by atoms with Crippen LogP contribution in [0.15, 0.2) is 23.1 Å². The number of nitrogen functional groups attached to an aromatic ring is 1. The summed E-state index contributed by atoms with van der Waals surface area (Å²) < 4.78 is 28.5. The van der Waals surface area contributed by atoms with E-state index >= 15 is 0 Å². The lowest BCUT2D eigenvalue weighted by Gasteiger charge is -2.29. The van der Waals surface area contributed by atoms with Gasteiger partial charge in [0.2, 0.25) is 0 Å². The molecule has 1 atom stereocenters. The summed E-state index contributed by atoms with van der Waals surface area (Å²) in [5.74, 6) is 0.503. The fourth-order valence-corrected chi connectivity index (χ4v) is 3.20. The van der Waals surface area contributed by atoms with Gasteiger partial charge in [-0.05, 0) is 37.0 Å². The van der Waals surface area contributed by atoms with Crippen LogP contribution in [-0.2, 0) is 14.6 Å². The fourth-order valence-electron chi connectivity index (χ4n) is 2.55. The van der Waals surface area contributed by atoms with Crippen molar-refractivity contribution in [3.05, 3.63) is 18.2 Å². The molecule has 1 fully saturated rings. The molecule has 0 radical (unpaired) electrons. The van der Waals surface area contributed by atoms with E-state index in [-0.39, 0.29) is 4.90 Å². The second-order valence-corrected chi connectivity index (χ2v) is 7.47. The third kappa shape index (κ3) is 3.64. The largest absolute Gasteiger partial charge is 0.397 e. The normalized spacial score (nSPS) is 19.8. The van der Waals surface area contributed by atoms with Crippen LogP contribution in [0.1, 0.15) is 12.8 Å². The minimum atomic E-state index is -3.21. The van der Waals surface area contributed by atoms with Gasteiger partial charge < -0.3 is 15.4 Å². The molecule has 1 saturated heterocycles. The molecule has 0 aliphatic carbocycles. The molecule has 1 aliphatic heterocycles. The summed E-state index contributed by atoms with van der Waals surface area (Å²) in [5.41, 5.74) is 7.34. The van der Waals surface area contributed by atoms with E-state index in [1.54, 1.807) is 12.1 Å². The number of nitrogens with two attached hydrogens (primary N) is 1. The Morgan fingerprint density at radius 1 is 1.45 bits per heavy atom. The van der Waals surface area contributed by atoms with E-state index in [0.29, 0.717) is 11.6 Å². The monoisotopic (exact) mass is 298 g/mol. The van der Waals surface area contributed by atoms with Gasteiger partial charge >= 0.3 is 0 Å². The average molecular weight is 298 g/mol. The summed E-state index contributed by atoms with van der Waals surface area (Å²) in [7, 11) is -1.24. The summed E-state index contributed by atoms with van der Waals surface area (Å²) in [5, 5.41) is 0. The van der Waals surface area contributed by atoms with Gasteiger partial charge in [0.05, 0.1) is 22.9 Å². The lowest BCUT2D eigenvalue weighted by molar-refractivity contribution is 0.0576. The number of hydrogen-bond donors (Lipinski definition) is 1. The second-order valence-electron chi connectivity index (χ2n) is 5.46. The Kier molecular flexibility index (Phi) is 4.55. The molecule has 0 bridgehead atoms. The Morgan fingerprint density at radius 2 is 2.20 bits per heavy atom. The summed E-state index contributed by atoms with van der Waals surface area (Å²) in [4.78, 5) is 2.33. The lowest BCUT2D eigenvalue weighted by Crippen LogP contribution is -2.31. The minimum Gasteiger partial charge on any atom is -0.397 e. The first-order valence-corrected chi connectivity index (χ1v) is 8.65. The van der Waals surface area contributed by atoms with Crippen LogP contribution in [0.5, 0.6) is 0 Å². The van der Waals surface area contributed by atoms with E-state index in [1.165, 1.54) is 12.3 Å². The number of nitrogens with zero attached hydrogens (tertiary/aromatic N) is 1. The van der Waals surface area contributed by atoms with Crippen molar-refractivity contribution in [2.24, 2.45) is 5.92 Å². The Hall–Kier alpha value is -1.27. The van der Waals surface area contributed by atoms with E-state index in [1.807, 2.05) is 7.05 Å². The van der Waals surface area contributed by atoms with Crippen molar-refractivity contribution in [2.45, 2.75) is 17.7 Å². The molecule has 2 N–H and O–H groups in total. The average Bonchev–Trinajstić information content (AvgIpc) is 2.38. The number of hydrogen-bond acceptors (Lipinski definition) is 5. The number of sulfone groups is 1. The topological polar surface area (TPSA) is 72.6 Å². The van der Waals surface area contributed by atoms with Crippen molar-refractivity contribution in [2.75, 3.05) is 43.7 Å². The highest BCUT2D eigenvalue weighted by Crippen LogP contribution is 2.27. The molecule has 2 rings (SSSR count). The van der Waals surface area contributed by atoms with Crippen LogP contribution in [0.3, 0.4) is 0 Å². The predicted molar refractivity (Wildman–Crippen MR) is 80.8 cm³/mol. The zero-order valence-electron chi connectivity index (χ0n) is 12.0. The van der Waals surface area contributed by atoms with Gasteiger partial charge in [-0.15, -0.1) is 0 Å². The Bertz CT molecular complexity index is 566. The van der Waals surface area contributed by atoms with Gasteiger partial charge in [-0.3, -0.25) is 0 Å². The van der Waals surface area contributed by atoms with Crippen molar-refractivity contribution in [1.29, 1.82) is 0 Å². The van der Waals surface area contributed by atoms with Crippen LogP contribution in [0.25, 0.3) is 0 Å².